The van der Waals surface area contributed by atoms with E-state index in [0.29, 0.717) is 30.6 Å². The molecule has 4 rings (SSSR count). The summed E-state index contributed by atoms with van der Waals surface area (Å²) in [6, 6.07) is 8.04. The van der Waals surface area contributed by atoms with Crippen LogP contribution in [0.2, 0.25) is 0 Å². The fourth-order valence-electron chi connectivity index (χ4n) is 4.56. The first-order chi connectivity index (χ1) is 14.1. The Morgan fingerprint density at radius 1 is 1.31 bits per heavy atom. The Morgan fingerprint density at radius 3 is 2.83 bits per heavy atom. The standard InChI is InChI=1S/C22H27N3O3S/c1-2-28-20-10-15(8-9-19(20)26)17-11-21(27)25-13-24(16-6-4-3-5-7-16)14-29-22(25)18(17)12-23/h8-10,16-17,26H,2-7,11,13-14H2,1H3/t17-/m0/s1. The van der Waals surface area contributed by atoms with Gasteiger partial charge in [-0.2, -0.15) is 5.26 Å². The van der Waals surface area contributed by atoms with E-state index in [4.69, 9.17) is 4.74 Å². The van der Waals surface area contributed by atoms with Gasteiger partial charge in [0, 0.05) is 18.4 Å². The third-order valence-electron chi connectivity index (χ3n) is 6.09. The van der Waals surface area contributed by atoms with E-state index < -0.39 is 0 Å². The van der Waals surface area contributed by atoms with Crippen molar-refractivity contribution in [1.29, 1.82) is 5.26 Å². The zero-order chi connectivity index (χ0) is 20.4. The summed E-state index contributed by atoms with van der Waals surface area (Å²) in [6.45, 7) is 2.88. The quantitative estimate of drug-likeness (QED) is 0.799. The Bertz CT molecular complexity index is 857. The number of hydrogen-bond acceptors (Lipinski definition) is 6. The zero-order valence-corrected chi connectivity index (χ0v) is 17.6. The largest absolute Gasteiger partial charge is 0.504 e. The molecule has 1 saturated carbocycles. The van der Waals surface area contributed by atoms with Crippen LogP contribution >= 0.6 is 11.8 Å². The van der Waals surface area contributed by atoms with E-state index in [1.54, 1.807) is 30.0 Å². The van der Waals surface area contributed by atoms with E-state index in [1.807, 2.05) is 11.8 Å². The molecule has 1 N–H and O–H groups in total. The summed E-state index contributed by atoms with van der Waals surface area (Å²) in [5.41, 5.74) is 1.48. The maximum atomic E-state index is 13.0. The number of fused-ring (bicyclic) bond motifs is 1. The fourth-order valence-corrected chi connectivity index (χ4v) is 5.80. The van der Waals surface area contributed by atoms with Crippen LogP contribution in [0.5, 0.6) is 11.5 Å². The molecule has 6 nitrogen and oxygen atoms in total. The molecule has 0 aromatic heterocycles. The van der Waals surface area contributed by atoms with E-state index in [2.05, 4.69) is 11.0 Å². The summed E-state index contributed by atoms with van der Waals surface area (Å²) < 4.78 is 5.50. The van der Waals surface area contributed by atoms with Gasteiger partial charge in [-0.1, -0.05) is 37.1 Å². The SMILES string of the molecule is CCOc1cc([C@@H]2CC(=O)N3CN(C4CCCCC4)CSC3=C2C#N)ccc1O. The number of nitriles is 1. The summed E-state index contributed by atoms with van der Waals surface area (Å²) >= 11 is 1.61. The van der Waals surface area contributed by atoms with Crippen molar-refractivity contribution >= 4 is 17.7 Å². The van der Waals surface area contributed by atoms with Crippen LogP contribution < -0.4 is 4.74 Å². The lowest BCUT2D eigenvalue weighted by atomic mass is 9.86. The molecule has 1 aliphatic carbocycles. The number of nitrogens with zero attached hydrogens (tertiary/aromatic N) is 3. The first-order valence-corrected chi connectivity index (χ1v) is 11.4. The van der Waals surface area contributed by atoms with Crippen molar-refractivity contribution in [1.82, 2.24) is 9.80 Å². The lowest BCUT2D eigenvalue weighted by molar-refractivity contribution is -0.132. The average molecular weight is 414 g/mol. The third-order valence-corrected chi connectivity index (χ3v) is 7.27. The number of phenolic OH excluding ortho intramolecular Hbond substituents is 1. The summed E-state index contributed by atoms with van der Waals surface area (Å²) in [5.74, 6) is 1.04. The van der Waals surface area contributed by atoms with Crippen LogP contribution in [0.4, 0.5) is 0 Å². The van der Waals surface area contributed by atoms with Gasteiger partial charge in [-0.25, -0.2) is 0 Å². The molecule has 0 unspecified atom stereocenters. The van der Waals surface area contributed by atoms with Crippen LogP contribution in [0.25, 0.3) is 0 Å². The molecule has 1 atom stereocenters. The number of thioether (sulfide) groups is 1. The molecular weight excluding hydrogens is 386 g/mol. The first-order valence-electron chi connectivity index (χ1n) is 10.4. The molecule has 1 saturated heterocycles. The van der Waals surface area contributed by atoms with E-state index in [9.17, 15) is 15.2 Å². The minimum absolute atomic E-state index is 0.0584. The van der Waals surface area contributed by atoms with Crippen molar-refractivity contribution in [3.05, 3.63) is 34.4 Å². The van der Waals surface area contributed by atoms with Gasteiger partial charge in [0.05, 0.1) is 35.8 Å². The Morgan fingerprint density at radius 2 is 2.10 bits per heavy atom. The molecule has 0 bridgehead atoms. The summed E-state index contributed by atoms with van der Waals surface area (Å²) in [4.78, 5) is 17.2. The van der Waals surface area contributed by atoms with E-state index in [1.165, 1.54) is 32.1 Å². The number of rotatable bonds is 4. The summed E-state index contributed by atoms with van der Waals surface area (Å²) in [7, 11) is 0. The second-order valence-electron chi connectivity index (χ2n) is 7.86. The second kappa shape index (κ2) is 8.68. The van der Waals surface area contributed by atoms with Crippen molar-refractivity contribution in [3.63, 3.8) is 0 Å². The molecule has 154 valence electrons. The van der Waals surface area contributed by atoms with Gasteiger partial charge in [-0.15, -0.1) is 0 Å². The monoisotopic (exact) mass is 413 g/mol. The smallest absolute Gasteiger partial charge is 0.229 e. The van der Waals surface area contributed by atoms with Crippen molar-refractivity contribution in [2.24, 2.45) is 0 Å². The predicted molar refractivity (Wildman–Crippen MR) is 112 cm³/mol. The van der Waals surface area contributed by atoms with Gasteiger partial charge >= 0.3 is 0 Å². The van der Waals surface area contributed by atoms with Gasteiger partial charge in [-0.3, -0.25) is 14.6 Å². The molecule has 2 heterocycles. The fraction of sp³-hybridized carbons (Fsp3) is 0.545. The van der Waals surface area contributed by atoms with E-state index >= 15 is 0 Å². The molecule has 0 spiro atoms. The van der Waals surface area contributed by atoms with Crippen LogP contribution in [0, 0.1) is 11.3 Å². The maximum absolute atomic E-state index is 13.0. The molecule has 7 heteroatoms. The van der Waals surface area contributed by atoms with Gasteiger partial charge in [0.2, 0.25) is 5.91 Å². The first kappa shape index (κ1) is 20.1. The summed E-state index contributed by atoms with van der Waals surface area (Å²) in [6.07, 6.45) is 6.49. The molecule has 2 aliphatic heterocycles. The number of benzene rings is 1. The number of amides is 1. The van der Waals surface area contributed by atoms with Crippen molar-refractivity contribution in [3.8, 4) is 17.6 Å². The van der Waals surface area contributed by atoms with Crippen molar-refractivity contribution in [2.45, 2.75) is 57.4 Å². The van der Waals surface area contributed by atoms with E-state index in [-0.39, 0.29) is 24.0 Å². The van der Waals surface area contributed by atoms with Crippen LogP contribution in [-0.2, 0) is 4.79 Å². The molecule has 1 amide bonds. The Kier molecular flexibility index (Phi) is 6.02. The van der Waals surface area contributed by atoms with Gasteiger partial charge in [-0.05, 0) is 37.5 Å². The molecule has 29 heavy (non-hydrogen) atoms. The molecular formula is C22H27N3O3S. The Balaban J connectivity index is 1.61. The van der Waals surface area contributed by atoms with Gasteiger partial charge in [0.25, 0.3) is 0 Å². The molecule has 2 fully saturated rings. The van der Waals surface area contributed by atoms with Crippen molar-refractivity contribution < 1.29 is 14.6 Å². The highest BCUT2D eigenvalue weighted by Crippen LogP contribution is 2.44. The topological polar surface area (TPSA) is 76.8 Å². The van der Waals surface area contributed by atoms with E-state index in [0.717, 1.165) is 16.5 Å². The number of phenols is 1. The van der Waals surface area contributed by atoms with Gasteiger partial charge in [0.1, 0.15) is 0 Å². The normalized spacial score (nSPS) is 23.7. The maximum Gasteiger partial charge on any atom is 0.229 e. The third kappa shape index (κ3) is 3.96. The Hall–Kier alpha value is -2.17. The molecule has 1 aromatic rings. The lowest BCUT2D eigenvalue weighted by Gasteiger charge is -2.44. The number of ether oxygens (including phenoxy) is 1. The minimum Gasteiger partial charge on any atom is -0.504 e. The second-order valence-corrected chi connectivity index (χ2v) is 8.80. The average Bonchev–Trinajstić information content (AvgIpc) is 2.76. The highest BCUT2D eigenvalue weighted by Gasteiger charge is 2.39. The molecule has 0 radical (unpaired) electrons. The molecule has 1 aromatic carbocycles. The van der Waals surface area contributed by atoms with Crippen LogP contribution in [0.3, 0.4) is 0 Å². The van der Waals surface area contributed by atoms with Crippen LogP contribution in [0.1, 0.15) is 56.9 Å². The highest BCUT2D eigenvalue weighted by molar-refractivity contribution is 8.03. The number of carbonyl (C=O) groups excluding carboxylic acids is 1. The number of carbonyl (C=O) groups is 1. The number of allylic oxidation sites excluding steroid dienone is 1. The predicted octanol–water partition coefficient (Wildman–Crippen LogP) is 4.14. The van der Waals surface area contributed by atoms with Crippen LogP contribution in [-0.4, -0.2) is 46.0 Å². The molecule has 3 aliphatic rings. The summed E-state index contributed by atoms with van der Waals surface area (Å²) in [5, 5.41) is 20.7. The Labute approximate surface area is 176 Å². The van der Waals surface area contributed by atoms with Crippen molar-refractivity contribution in [2.75, 3.05) is 19.2 Å². The number of aromatic hydroxyl groups is 1. The van der Waals surface area contributed by atoms with Crippen LogP contribution in [0.15, 0.2) is 28.8 Å². The van der Waals surface area contributed by atoms with Gasteiger partial charge in [0.15, 0.2) is 11.5 Å². The minimum atomic E-state index is -0.299. The zero-order valence-electron chi connectivity index (χ0n) is 16.8. The highest BCUT2D eigenvalue weighted by atomic mass is 32.2. The number of hydrogen-bond donors (Lipinski definition) is 1. The van der Waals surface area contributed by atoms with Gasteiger partial charge < -0.3 is 9.84 Å². The lowest BCUT2D eigenvalue weighted by Crippen LogP contribution is -2.51.